The molecule has 94 valence electrons. The SMILES string of the molecule is CC(=O)NCC1CCc2c1c1ccccc1n2C. The molecule has 0 radical (unpaired) electrons. The molecule has 3 rings (SSSR count). The number of nitrogens with zero attached hydrogens (tertiary/aromatic N) is 1. The first-order valence-corrected chi connectivity index (χ1v) is 6.49. The highest BCUT2D eigenvalue weighted by Gasteiger charge is 2.28. The van der Waals surface area contributed by atoms with Gasteiger partial charge in [-0.05, 0) is 24.5 Å². The van der Waals surface area contributed by atoms with Crippen molar-refractivity contribution in [1.82, 2.24) is 9.88 Å². The number of para-hydroxylation sites is 1. The molecule has 18 heavy (non-hydrogen) atoms. The quantitative estimate of drug-likeness (QED) is 0.861. The van der Waals surface area contributed by atoms with Gasteiger partial charge in [0.25, 0.3) is 0 Å². The second-order valence-electron chi connectivity index (χ2n) is 5.11. The molecule has 0 fully saturated rings. The molecule has 1 unspecified atom stereocenters. The lowest BCUT2D eigenvalue weighted by Crippen LogP contribution is -2.24. The predicted molar refractivity (Wildman–Crippen MR) is 72.7 cm³/mol. The number of rotatable bonds is 2. The number of fused-ring (bicyclic) bond motifs is 3. The number of hydrogen-bond donors (Lipinski definition) is 1. The Morgan fingerprint density at radius 2 is 2.22 bits per heavy atom. The van der Waals surface area contributed by atoms with Crippen LogP contribution in [0.25, 0.3) is 10.9 Å². The van der Waals surface area contributed by atoms with Crippen LogP contribution in [0, 0.1) is 0 Å². The maximum Gasteiger partial charge on any atom is 0.216 e. The van der Waals surface area contributed by atoms with E-state index < -0.39 is 0 Å². The van der Waals surface area contributed by atoms with Gasteiger partial charge in [0.2, 0.25) is 5.91 Å². The van der Waals surface area contributed by atoms with E-state index in [1.807, 2.05) is 0 Å². The molecule has 1 N–H and O–H groups in total. The van der Waals surface area contributed by atoms with Gasteiger partial charge in [-0.1, -0.05) is 18.2 Å². The molecule has 0 spiro atoms. The fourth-order valence-corrected chi connectivity index (χ4v) is 3.16. The highest BCUT2D eigenvalue weighted by Crippen LogP contribution is 2.39. The van der Waals surface area contributed by atoms with E-state index in [0.29, 0.717) is 5.92 Å². The van der Waals surface area contributed by atoms with Gasteiger partial charge in [0.1, 0.15) is 0 Å². The van der Waals surface area contributed by atoms with Gasteiger partial charge in [0.05, 0.1) is 0 Å². The van der Waals surface area contributed by atoms with Gasteiger partial charge < -0.3 is 9.88 Å². The van der Waals surface area contributed by atoms with E-state index in [1.165, 1.54) is 22.2 Å². The number of benzene rings is 1. The zero-order valence-electron chi connectivity index (χ0n) is 10.9. The van der Waals surface area contributed by atoms with Gasteiger partial charge in [-0.2, -0.15) is 0 Å². The summed E-state index contributed by atoms with van der Waals surface area (Å²) in [7, 11) is 2.14. The van der Waals surface area contributed by atoms with Crippen molar-refractivity contribution in [1.29, 1.82) is 0 Å². The van der Waals surface area contributed by atoms with Crippen LogP contribution in [0.5, 0.6) is 0 Å². The Morgan fingerprint density at radius 1 is 1.44 bits per heavy atom. The number of amides is 1. The first kappa shape index (κ1) is 11.3. The van der Waals surface area contributed by atoms with Gasteiger partial charge in [-0.25, -0.2) is 0 Å². The third-order valence-electron chi connectivity index (χ3n) is 4.01. The summed E-state index contributed by atoms with van der Waals surface area (Å²) in [5, 5.41) is 4.30. The van der Waals surface area contributed by atoms with E-state index in [9.17, 15) is 4.79 Å². The Labute approximate surface area is 107 Å². The summed E-state index contributed by atoms with van der Waals surface area (Å²) in [6.07, 6.45) is 2.26. The Kier molecular flexibility index (Phi) is 2.62. The molecule has 2 aromatic rings. The van der Waals surface area contributed by atoms with Gasteiger partial charge in [0, 0.05) is 43.0 Å². The first-order valence-electron chi connectivity index (χ1n) is 6.49. The summed E-state index contributed by atoms with van der Waals surface area (Å²) >= 11 is 0. The normalized spacial score (nSPS) is 18.0. The maximum absolute atomic E-state index is 11.1. The lowest BCUT2D eigenvalue weighted by molar-refractivity contribution is -0.119. The van der Waals surface area contributed by atoms with E-state index >= 15 is 0 Å². The molecule has 1 atom stereocenters. The van der Waals surface area contributed by atoms with Crippen LogP contribution in [0.4, 0.5) is 0 Å². The van der Waals surface area contributed by atoms with E-state index in [-0.39, 0.29) is 5.91 Å². The van der Waals surface area contributed by atoms with Crippen molar-refractivity contribution in [2.45, 2.75) is 25.7 Å². The van der Waals surface area contributed by atoms with Crippen molar-refractivity contribution < 1.29 is 4.79 Å². The molecule has 3 nitrogen and oxygen atoms in total. The molecular formula is C15H18N2O. The molecule has 1 aliphatic carbocycles. The minimum absolute atomic E-state index is 0.0590. The summed E-state index contributed by atoms with van der Waals surface area (Å²) in [6.45, 7) is 2.34. The topological polar surface area (TPSA) is 34.0 Å². The van der Waals surface area contributed by atoms with Crippen LogP contribution in [0.15, 0.2) is 24.3 Å². The minimum atomic E-state index is 0.0590. The largest absolute Gasteiger partial charge is 0.356 e. The van der Waals surface area contributed by atoms with Crippen LogP contribution in [0.3, 0.4) is 0 Å². The van der Waals surface area contributed by atoms with Crippen molar-refractivity contribution in [2.75, 3.05) is 6.54 Å². The standard InChI is InChI=1S/C15H18N2O/c1-10(18)16-9-11-7-8-14-15(11)12-5-3-4-6-13(12)17(14)2/h3-6,11H,7-9H2,1-2H3,(H,16,18). The summed E-state index contributed by atoms with van der Waals surface area (Å²) < 4.78 is 2.30. The summed E-state index contributed by atoms with van der Waals surface area (Å²) in [5.41, 5.74) is 4.18. The number of hydrogen-bond acceptors (Lipinski definition) is 1. The van der Waals surface area contributed by atoms with E-state index in [4.69, 9.17) is 0 Å². The number of nitrogens with one attached hydrogen (secondary N) is 1. The highest BCUT2D eigenvalue weighted by molar-refractivity contribution is 5.87. The third-order valence-corrected chi connectivity index (χ3v) is 4.01. The van der Waals surface area contributed by atoms with Crippen LogP contribution in [0.2, 0.25) is 0 Å². The van der Waals surface area contributed by atoms with E-state index in [0.717, 1.165) is 19.4 Å². The molecule has 1 aliphatic rings. The molecule has 3 heteroatoms. The summed E-state index contributed by atoms with van der Waals surface area (Å²) in [5.74, 6) is 0.527. The number of aryl methyl sites for hydroxylation is 1. The molecule has 1 amide bonds. The van der Waals surface area contributed by atoms with Crippen molar-refractivity contribution in [3.63, 3.8) is 0 Å². The van der Waals surface area contributed by atoms with Crippen LogP contribution >= 0.6 is 0 Å². The van der Waals surface area contributed by atoms with Crippen LogP contribution in [-0.2, 0) is 18.3 Å². The first-order chi connectivity index (χ1) is 8.68. The average molecular weight is 242 g/mol. The second-order valence-corrected chi connectivity index (χ2v) is 5.11. The van der Waals surface area contributed by atoms with E-state index in [2.05, 4.69) is 41.2 Å². The molecule has 0 aliphatic heterocycles. The highest BCUT2D eigenvalue weighted by atomic mass is 16.1. The predicted octanol–water partition coefficient (Wildman–Crippen LogP) is 2.34. The monoisotopic (exact) mass is 242 g/mol. The Hall–Kier alpha value is -1.77. The Bertz CT molecular complexity index is 612. The van der Waals surface area contributed by atoms with Crippen molar-refractivity contribution in [2.24, 2.45) is 7.05 Å². The molecule has 1 aromatic carbocycles. The third kappa shape index (κ3) is 1.62. The average Bonchev–Trinajstić information content (AvgIpc) is 2.89. The molecule has 0 bridgehead atoms. The van der Waals surface area contributed by atoms with E-state index in [1.54, 1.807) is 6.92 Å². The number of carbonyl (C=O) groups excluding carboxylic acids is 1. The van der Waals surface area contributed by atoms with Gasteiger partial charge in [-0.3, -0.25) is 4.79 Å². The number of aromatic nitrogens is 1. The summed E-state index contributed by atoms with van der Waals surface area (Å²) in [4.78, 5) is 11.1. The minimum Gasteiger partial charge on any atom is -0.356 e. The lowest BCUT2D eigenvalue weighted by Gasteiger charge is -2.11. The fraction of sp³-hybridized carbons (Fsp3) is 0.400. The van der Waals surface area contributed by atoms with Crippen molar-refractivity contribution in [3.05, 3.63) is 35.5 Å². The fourth-order valence-electron chi connectivity index (χ4n) is 3.16. The van der Waals surface area contributed by atoms with Crippen molar-refractivity contribution in [3.8, 4) is 0 Å². The van der Waals surface area contributed by atoms with Crippen LogP contribution in [-0.4, -0.2) is 17.0 Å². The smallest absolute Gasteiger partial charge is 0.216 e. The summed E-state index contributed by atoms with van der Waals surface area (Å²) in [6, 6.07) is 8.54. The van der Waals surface area contributed by atoms with Crippen LogP contribution < -0.4 is 5.32 Å². The van der Waals surface area contributed by atoms with Crippen LogP contribution in [0.1, 0.15) is 30.5 Å². The molecule has 1 aromatic heterocycles. The molecule has 1 heterocycles. The van der Waals surface area contributed by atoms with Gasteiger partial charge in [0.15, 0.2) is 0 Å². The zero-order chi connectivity index (χ0) is 12.7. The maximum atomic E-state index is 11.1. The Morgan fingerprint density at radius 3 is 3.00 bits per heavy atom. The van der Waals surface area contributed by atoms with Gasteiger partial charge in [-0.15, -0.1) is 0 Å². The second kappa shape index (κ2) is 4.16. The van der Waals surface area contributed by atoms with Crippen molar-refractivity contribution >= 4 is 16.8 Å². The zero-order valence-corrected chi connectivity index (χ0v) is 10.9. The Balaban J connectivity index is 2.04. The molecular weight excluding hydrogens is 224 g/mol. The van der Waals surface area contributed by atoms with Gasteiger partial charge >= 0.3 is 0 Å². The molecule has 0 saturated carbocycles. The molecule has 0 saturated heterocycles. The number of carbonyl (C=O) groups is 1. The lowest BCUT2D eigenvalue weighted by atomic mass is 10.00.